The minimum absolute atomic E-state index is 0.0328. The predicted molar refractivity (Wildman–Crippen MR) is 86.4 cm³/mol. The zero-order chi connectivity index (χ0) is 15.8. The Bertz CT molecular complexity index is 463. The molecule has 0 radical (unpaired) electrons. The number of carbonyl (C=O) groups excluding carboxylic acids is 2. The van der Waals surface area contributed by atoms with E-state index in [4.69, 9.17) is 0 Å². The molecule has 1 unspecified atom stereocenters. The van der Waals surface area contributed by atoms with E-state index >= 15 is 0 Å². The first kappa shape index (κ1) is 17.4. The zero-order valence-electron chi connectivity index (χ0n) is 13.6. The van der Waals surface area contributed by atoms with Gasteiger partial charge >= 0.3 is 0 Å². The van der Waals surface area contributed by atoms with Crippen LogP contribution >= 0.6 is 0 Å². The summed E-state index contributed by atoms with van der Waals surface area (Å²) >= 11 is 0. The van der Waals surface area contributed by atoms with Crippen molar-refractivity contribution in [3.05, 3.63) is 35.4 Å². The Kier molecular flexibility index (Phi) is 7.13. The van der Waals surface area contributed by atoms with Crippen LogP contribution in [0.3, 0.4) is 0 Å². The van der Waals surface area contributed by atoms with Gasteiger partial charge in [0.05, 0.1) is 0 Å². The lowest BCUT2D eigenvalue weighted by Gasteiger charge is -2.17. The van der Waals surface area contributed by atoms with Crippen LogP contribution in [0.5, 0.6) is 0 Å². The average Bonchev–Trinajstić information content (AvgIpc) is 2.45. The van der Waals surface area contributed by atoms with Gasteiger partial charge in [-0.1, -0.05) is 51.5 Å². The smallest absolute Gasteiger partial charge is 0.220 e. The number of amides is 1. The van der Waals surface area contributed by atoms with Crippen LogP contribution in [-0.2, 0) is 11.2 Å². The topological polar surface area (TPSA) is 46.2 Å². The molecule has 0 aliphatic carbocycles. The molecular weight excluding hydrogens is 262 g/mol. The van der Waals surface area contributed by atoms with E-state index in [0.717, 1.165) is 12.8 Å². The molecule has 0 aromatic heterocycles. The second-order valence-corrected chi connectivity index (χ2v) is 5.97. The Morgan fingerprint density at radius 1 is 1.05 bits per heavy atom. The molecule has 1 aromatic rings. The lowest BCUT2D eigenvalue weighted by atomic mass is 10.0. The highest BCUT2D eigenvalue weighted by Gasteiger charge is 2.13. The molecule has 0 aliphatic heterocycles. The second-order valence-electron chi connectivity index (χ2n) is 5.97. The van der Waals surface area contributed by atoms with Crippen molar-refractivity contribution in [2.45, 2.75) is 59.4 Å². The molecule has 3 nitrogen and oxygen atoms in total. The normalized spacial score (nSPS) is 12.2. The van der Waals surface area contributed by atoms with E-state index < -0.39 is 0 Å². The van der Waals surface area contributed by atoms with Gasteiger partial charge in [-0.05, 0) is 24.8 Å². The summed E-state index contributed by atoms with van der Waals surface area (Å²) in [6.45, 7) is 8.24. The third-order valence-electron chi connectivity index (χ3n) is 3.78. The first-order valence-corrected chi connectivity index (χ1v) is 7.85. The molecule has 1 rings (SSSR count). The van der Waals surface area contributed by atoms with E-state index in [9.17, 15) is 9.59 Å². The number of aryl methyl sites for hydroxylation is 1. The average molecular weight is 289 g/mol. The highest BCUT2D eigenvalue weighted by Crippen LogP contribution is 2.10. The maximum atomic E-state index is 12.1. The van der Waals surface area contributed by atoms with Crippen LogP contribution in [0.25, 0.3) is 0 Å². The number of hydrogen-bond acceptors (Lipinski definition) is 2. The predicted octanol–water partition coefficient (Wildman–Crippen LogP) is 3.76. The van der Waals surface area contributed by atoms with Crippen LogP contribution in [0.2, 0.25) is 0 Å². The maximum absolute atomic E-state index is 12.1. The van der Waals surface area contributed by atoms with E-state index in [-0.39, 0.29) is 30.6 Å². The van der Waals surface area contributed by atoms with Gasteiger partial charge in [-0.25, -0.2) is 0 Å². The van der Waals surface area contributed by atoms with Crippen molar-refractivity contribution < 1.29 is 9.59 Å². The number of rotatable bonds is 8. The van der Waals surface area contributed by atoms with Crippen molar-refractivity contribution in [2.24, 2.45) is 5.92 Å². The van der Waals surface area contributed by atoms with Gasteiger partial charge in [0.25, 0.3) is 0 Å². The number of carbonyl (C=O) groups is 2. The molecule has 0 aliphatic rings. The fourth-order valence-electron chi connectivity index (χ4n) is 2.01. The molecule has 3 heteroatoms. The first-order chi connectivity index (χ1) is 9.93. The van der Waals surface area contributed by atoms with Gasteiger partial charge in [-0.15, -0.1) is 0 Å². The molecule has 1 atom stereocenters. The minimum atomic E-state index is -0.0489. The van der Waals surface area contributed by atoms with Crippen LogP contribution in [-0.4, -0.2) is 17.7 Å². The fourth-order valence-corrected chi connectivity index (χ4v) is 2.01. The summed E-state index contributed by atoms with van der Waals surface area (Å²) in [5.74, 6) is 0.383. The summed E-state index contributed by atoms with van der Waals surface area (Å²) in [5.41, 5.74) is 1.94. The van der Waals surface area contributed by atoms with Gasteiger partial charge in [0, 0.05) is 24.4 Å². The summed E-state index contributed by atoms with van der Waals surface area (Å²) in [7, 11) is 0. The Labute approximate surface area is 128 Å². The summed E-state index contributed by atoms with van der Waals surface area (Å²) in [4.78, 5) is 23.8. The van der Waals surface area contributed by atoms with Crippen molar-refractivity contribution in [1.82, 2.24) is 5.32 Å². The van der Waals surface area contributed by atoms with Gasteiger partial charge in [-0.3, -0.25) is 9.59 Å². The Morgan fingerprint density at radius 2 is 1.67 bits per heavy atom. The fraction of sp³-hybridized carbons (Fsp3) is 0.556. The largest absolute Gasteiger partial charge is 0.353 e. The first-order valence-electron chi connectivity index (χ1n) is 7.85. The molecule has 21 heavy (non-hydrogen) atoms. The van der Waals surface area contributed by atoms with Gasteiger partial charge < -0.3 is 5.32 Å². The van der Waals surface area contributed by atoms with E-state index in [1.54, 1.807) is 0 Å². The third-order valence-corrected chi connectivity index (χ3v) is 3.78. The van der Waals surface area contributed by atoms with Crippen LogP contribution in [0, 0.1) is 5.92 Å². The molecule has 1 aromatic carbocycles. The van der Waals surface area contributed by atoms with E-state index in [0.29, 0.717) is 11.5 Å². The molecular formula is C18H27NO2. The zero-order valence-corrected chi connectivity index (χ0v) is 13.6. The quantitative estimate of drug-likeness (QED) is 0.741. The molecule has 0 fully saturated rings. The molecule has 0 bridgehead atoms. The monoisotopic (exact) mass is 289 g/mol. The van der Waals surface area contributed by atoms with Gasteiger partial charge in [0.2, 0.25) is 5.91 Å². The van der Waals surface area contributed by atoms with E-state index in [2.05, 4.69) is 26.1 Å². The van der Waals surface area contributed by atoms with Crippen molar-refractivity contribution in [3.63, 3.8) is 0 Å². The van der Waals surface area contributed by atoms with Crippen molar-refractivity contribution >= 4 is 11.7 Å². The Balaban J connectivity index is 2.44. The highest BCUT2D eigenvalue weighted by molar-refractivity contribution is 5.97. The minimum Gasteiger partial charge on any atom is -0.353 e. The second kappa shape index (κ2) is 8.60. The lowest BCUT2D eigenvalue weighted by Crippen LogP contribution is -2.36. The summed E-state index contributed by atoms with van der Waals surface area (Å²) < 4.78 is 0. The lowest BCUT2D eigenvalue weighted by molar-refractivity contribution is -0.121. The summed E-state index contributed by atoms with van der Waals surface area (Å²) in [6.07, 6.45) is 2.65. The number of hydrogen-bond donors (Lipinski definition) is 1. The van der Waals surface area contributed by atoms with E-state index in [1.807, 2.05) is 31.2 Å². The molecule has 0 saturated heterocycles. The van der Waals surface area contributed by atoms with Crippen LogP contribution < -0.4 is 5.32 Å². The third kappa shape index (κ3) is 6.11. The maximum Gasteiger partial charge on any atom is 0.220 e. The molecule has 1 amide bonds. The molecule has 116 valence electrons. The number of ketones is 1. The van der Waals surface area contributed by atoms with Crippen LogP contribution in [0.4, 0.5) is 0 Å². The van der Waals surface area contributed by atoms with Crippen LogP contribution in [0.1, 0.15) is 62.9 Å². The molecule has 0 spiro atoms. The van der Waals surface area contributed by atoms with Gasteiger partial charge in [0.15, 0.2) is 5.78 Å². The highest BCUT2D eigenvalue weighted by atomic mass is 16.2. The summed E-state index contributed by atoms with van der Waals surface area (Å²) in [6, 6.07) is 7.86. The Morgan fingerprint density at radius 3 is 2.19 bits per heavy atom. The van der Waals surface area contributed by atoms with Crippen molar-refractivity contribution in [3.8, 4) is 0 Å². The number of Topliss-reactive ketones (excluding diaryl/α,β-unsaturated/α-hetero) is 1. The number of benzene rings is 1. The molecule has 0 heterocycles. The van der Waals surface area contributed by atoms with E-state index in [1.165, 1.54) is 5.56 Å². The van der Waals surface area contributed by atoms with Gasteiger partial charge in [0.1, 0.15) is 0 Å². The SMILES string of the molecule is CCCc1ccc(C(=O)CCC(=O)NC(C)C(C)C)cc1. The number of nitrogens with one attached hydrogen (secondary N) is 1. The van der Waals surface area contributed by atoms with Gasteiger partial charge in [-0.2, -0.15) is 0 Å². The van der Waals surface area contributed by atoms with Crippen LogP contribution in [0.15, 0.2) is 24.3 Å². The van der Waals surface area contributed by atoms with Crippen molar-refractivity contribution in [2.75, 3.05) is 0 Å². The summed E-state index contributed by atoms with van der Waals surface area (Å²) in [5, 5.41) is 2.92. The van der Waals surface area contributed by atoms with Crippen molar-refractivity contribution in [1.29, 1.82) is 0 Å². The molecule has 0 saturated carbocycles. The standard InChI is InChI=1S/C18H27NO2/c1-5-6-15-7-9-16(10-8-15)17(20)11-12-18(21)19-14(4)13(2)3/h7-10,13-14H,5-6,11-12H2,1-4H3,(H,19,21). The Hall–Kier alpha value is -1.64. The molecule has 1 N–H and O–H groups in total.